The van der Waals surface area contributed by atoms with Gasteiger partial charge in [0.05, 0.1) is 16.3 Å². The van der Waals surface area contributed by atoms with Crippen molar-refractivity contribution in [2.45, 2.75) is 71.3 Å². The Hall–Kier alpha value is -2.21. The number of esters is 1. The fraction of sp³-hybridized carbons (Fsp3) is 0.560. The van der Waals surface area contributed by atoms with E-state index in [0.717, 1.165) is 41.1 Å². The van der Waals surface area contributed by atoms with Crippen molar-refractivity contribution in [1.29, 1.82) is 0 Å². The molecule has 6 heteroatoms. The number of hydrogen-bond acceptors (Lipinski definition) is 5. The third kappa shape index (κ3) is 5.53. The van der Waals surface area contributed by atoms with Gasteiger partial charge in [0.15, 0.2) is 0 Å². The van der Waals surface area contributed by atoms with Gasteiger partial charge in [-0.15, -0.1) is 11.3 Å². The van der Waals surface area contributed by atoms with Gasteiger partial charge in [0.2, 0.25) is 0 Å². The molecule has 4 rings (SSSR count). The van der Waals surface area contributed by atoms with Crippen molar-refractivity contribution in [3.8, 4) is 10.4 Å². The summed E-state index contributed by atoms with van der Waals surface area (Å²) in [6.07, 6.45) is 4.53. The Labute approximate surface area is 188 Å². The first kappa shape index (κ1) is 22.0. The molecule has 5 nitrogen and oxygen atoms in total. The van der Waals surface area contributed by atoms with E-state index in [2.05, 4.69) is 25.1 Å². The molecule has 1 aromatic carbocycles. The number of thiazole rings is 1. The Morgan fingerprint density at radius 2 is 2.00 bits per heavy atom. The number of nitrogens with zero attached hydrogens (tertiary/aromatic N) is 2. The summed E-state index contributed by atoms with van der Waals surface area (Å²) in [6, 6.07) is 8.30. The van der Waals surface area contributed by atoms with Crippen molar-refractivity contribution < 1.29 is 14.3 Å². The second-order valence-corrected chi connectivity index (χ2v) is 11.0. The maximum Gasteiger partial charge on any atom is 0.306 e. The van der Waals surface area contributed by atoms with E-state index >= 15 is 0 Å². The fourth-order valence-corrected chi connectivity index (χ4v) is 5.38. The van der Waals surface area contributed by atoms with Crippen LogP contribution in [0.2, 0.25) is 0 Å². The summed E-state index contributed by atoms with van der Waals surface area (Å²) in [5.41, 5.74) is 2.34. The van der Waals surface area contributed by atoms with Crippen LogP contribution in [0.15, 0.2) is 24.3 Å². The number of hydrogen-bond donors (Lipinski definition) is 0. The number of amides is 1. The summed E-state index contributed by atoms with van der Waals surface area (Å²) in [5.74, 6) is 0.457. The third-order valence-electron chi connectivity index (χ3n) is 5.73. The van der Waals surface area contributed by atoms with Crippen LogP contribution < -0.4 is 0 Å². The van der Waals surface area contributed by atoms with Gasteiger partial charge >= 0.3 is 5.97 Å². The van der Waals surface area contributed by atoms with E-state index in [9.17, 15) is 9.59 Å². The summed E-state index contributed by atoms with van der Waals surface area (Å²) >= 11 is 1.67. The predicted molar refractivity (Wildman–Crippen MR) is 123 cm³/mol. The molecule has 1 atom stereocenters. The van der Waals surface area contributed by atoms with Crippen LogP contribution in [0.25, 0.3) is 10.4 Å². The molecule has 166 valence electrons. The van der Waals surface area contributed by atoms with Crippen LogP contribution in [0.3, 0.4) is 0 Å². The summed E-state index contributed by atoms with van der Waals surface area (Å²) in [5, 5.41) is 1.09. The molecule has 1 saturated carbocycles. The van der Waals surface area contributed by atoms with E-state index in [1.54, 1.807) is 11.3 Å². The molecule has 1 aromatic heterocycles. The Morgan fingerprint density at radius 3 is 2.68 bits per heavy atom. The smallest absolute Gasteiger partial charge is 0.306 e. The minimum atomic E-state index is -0.482. The van der Waals surface area contributed by atoms with Gasteiger partial charge in [0.25, 0.3) is 5.91 Å². The zero-order valence-electron chi connectivity index (χ0n) is 18.9. The lowest BCUT2D eigenvalue weighted by atomic mass is 9.94. The van der Waals surface area contributed by atoms with Crippen LogP contribution in [0.4, 0.5) is 0 Å². The molecule has 0 spiro atoms. The lowest BCUT2D eigenvalue weighted by molar-refractivity contribution is -0.156. The number of ether oxygens (including phenoxy) is 1. The van der Waals surface area contributed by atoms with Gasteiger partial charge in [-0.2, -0.15) is 0 Å². The first-order chi connectivity index (χ1) is 14.7. The van der Waals surface area contributed by atoms with Crippen LogP contribution in [-0.4, -0.2) is 40.5 Å². The highest BCUT2D eigenvalue weighted by Crippen LogP contribution is 2.45. The average molecular weight is 441 g/mol. The Kier molecular flexibility index (Phi) is 6.20. The quantitative estimate of drug-likeness (QED) is 0.570. The van der Waals surface area contributed by atoms with E-state index in [0.29, 0.717) is 31.1 Å². The van der Waals surface area contributed by atoms with Crippen LogP contribution in [-0.2, 0) is 9.53 Å². The van der Waals surface area contributed by atoms with Crippen LogP contribution in [0.1, 0.15) is 79.9 Å². The number of likely N-dealkylation sites (tertiary alicyclic amines) is 1. The monoisotopic (exact) mass is 440 g/mol. The predicted octanol–water partition coefficient (Wildman–Crippen LogP) is 5.58. The largest absolute Gasteiger partial charge is 0.460 e. The van der Waals surface area contributed by atoms with Crippen molar-refractivity contribution in [2.75, 3.05) is 13.1 Å². The molecule has 0 bridgehead atoms. The van der Waals surface area contributed by atoms with Crippen molar-refractivity contribution in [1.82, 2.24) is 9.88 Å². The number of aryl methyl sites for hydroxylation is 1. The van der Waals surface area contributed by atoms with Gasteiger partial charge in [-0.25, -0.2) is 4.98 Å². The molecular formula is C25H32N2O3S. The van der Waals surface area contributed by atoms with Gasteiger partial charge < -0.3 is 9.64 Å². The van der Waals surface area contributed by atoms with Crippen molar-refractivity contribution in [3.05, 3.63) is 40.5 Å². The van der Waals surface area contributed by atoms with Crippen molar-refractivity contribution >= 4 is 23.2 Å². The van der Waals surface area contributed by atoms with Gasteiger partial charge in [0, 0.05) is 19.0 Å². The molecular weight excluding hydrogens is 408 g/mol. The summed E-state index contributed by atoms with van der Waals surface area (Å²) < 4.78 is 5.49. The zero-order chi connectivity index (χ0) is 22.2. The Balaban J connectivity index is 1.53. The second kappa shape index (κ2) is 8.73. The van der Waals surface area contributed by atoms with E-state index in [-0.39, 0.29) is 17.8 Å². The Morgan fingerprint density at radius 1 is 1.23 bits per heavy atom. The van der Waals surface area contributed by atoms with E-state index < -0.39 is 5.60 Å². The molecule has 2 aromatic rings. The van der Waals surface area contributed by atoms with Crippen molar-refractivity contribution in [3.63, 3.8) is 0 Å². The highest BCUT2D eigenvalue weighted by Gasteiger charge is 2.33. The average Bonchev–Trinajstić information content (AvgIpc) is 3.44. The summed E-state index contributed by atoms with van der Waals surface area (Å²) in [4.78, 5) is 33.5. The van der Waals surface area contributed by atoms with Crippen molar-refractivity contribution in [2.24, 2.45) is 5.92 Å². The number of carbonyl (C=O) groups is 2. The normalized spacial score (nSPS) is 19.4. The lowest BCUT2D eigenvalue weighted by Gasteiger charge is -2.32. The standard InChI is InChI=1S/C25H32N2O3S/c1-16-7-5-9-19(13-16)22-21(26-23(31-22)18-10-11-18)24(29)27-12-6-8-17(15-27)14-20(28)30-25(2,3)4/h5,7,9,13,17-18H,6,8,10-12,14-15H2,1-4H3/t17-/m0/s1. The SMILES string of the molecule is Cc1cccc(-c2sc(C3CC3)nc2C(=O)N2CCC[C@@H](CC(=O)OC(C)(C)C)C2)c1. The molecule has 2 aliphatic rings. The molecule has 0 radical (unpaired) electrons. The van der Waals surface area contributed by atoms with Gasteiger partial charge in [-0.3, -0.25) is 9.59 Å². The first-order valence-electron chi connectivity index (χ1n) is 11.3. The highest BCUT2D eigenvalue weighted by molar-refractivity contribution is 7.15. The molecule has 2 heterocycles. The molecule has 2 fully saturated rings. The first-order valence-corrected chi connectivity index (χ1v) is 12.1. The maximum absolute atomic E-state index is 13.5. The molecule has 1 aliphatic carbocycles. The van der Waals surface area contributed by atoms with Gasteiger partial charge in [0.1, 0.15) is 11.3 Å². The summed E-state index contributed by atoms with van der Waals surface area (Å²) in [6.45, 7) is 9.02. The zero-order valence-corrected chi connectivity index (χ0v) is 19.8. The number of piperidine rings is 1. The topological polar surface area (TPSA) is 59.5 Å². The van der Waals surface area contributed by atoms with E-state index in [1.165, 1.54) is 5.56 Å². The maximum atomic E-state index is 13.5. The fourth-order valence-electron chi connectivity index (χ4n) is 4.15. The molecule has 31 heavy (non-hydrogen) atoms. The number of aromatic nitrogens is 1. The molecule has 1 aliphatic heterocycles. The van der Waals surface area contributed by atoms with Gasteiger partial charge in [-0.1, -0.05) is 29.8 Å². The Bertz CT molecular complexity index is 971. The van der Waals surface area contributed by atoms with Gasteiger partial charge in [-0.05, 0) is 64.9 Å². The van der Waals surface area contributed by atoms with Crippen LogP contribution in [0.5, 0.6) is 0 Å². The number of rotatable bonds is 5. The van der Waals surface area contributed by atoms with Crippen LogP contribution >= 0.6 is 11.3 Å². The molecule has 0 N–H and O–H groups in total. The number of benzene rings is 1. The van der Waals surface area contributed by atoms with E-state index in [4.69, 9.17) is 9.72 Å². The number of carbonyl (C=O) groups excluding carboxylic acids is 2. The molecule has 1 saturated heterocycles. The molecule has 0 unspecified atom stereocenters. The molecule has 1 amide bonds. The van der Waals surface area contributed by atoms with E-state index in [1.807, 2.05) is 31.7 Å². The second-order valence-electron chi connectivity index (χ2n) is 9.92. The lowest BCUT2D eigenvalue weighted by Crippen LogP contribution is -2.41. The highest BCUT2D eigenvalue weighted by atomic mass is 32.1. The third-order valence-corrected chi connectivity index (χ3v) is 7.00. The summed E-state index contributed by atoms with van der Waals surface area (Å²) in [7, 11) is 0. The minimum Gasteiger partial charge on any atom is -0.460 e. The minimum absolute atomic E-state index is 0.00598. The van der Waals surface area contributed by atoms with Crippen LogP contribution in [0, 0.1) is 12.8 Å².